The molecule has 16 heteroatoms. The molecule has 1 aliphatic rings. The monoisotopic (exact) mass is 577 g/mol. The maximum absolute atomic E-state index is 12.7. The highest BCUT2D eigenvalue weighted by molar-refractivity contribution is 7.86. The predicted octanol–water partition coefficient (Wildman–Crippen LogP) is 1.79. The van der Waals surface area contributed by atoms with Gasteiger partial charge in [0, 0.05) is 18.9 Å². The lowest BCUT2D eigenvalue weighted by Crippen LogP contribution is -2.40. The fourth-order valence-corrected chi connectivity index (χ4v) is 6.86. The minimum Gasteiger partial charge on any atom is -0.462 e. The molecule has 2 unspecified atom stereocenters. The molecule has 1 fully saturated rings. The molecule has 3 atom stereocenters. The molecule has 0 aromatic rings. The number of esters is 2. The van der Waals surface area contributed by atoms with Crippen molar-refractivity contribution in [1.82, 2.24) is 5.32 Å². The van der Waals surface area contributed by atoms with Crippen molar-refractivity contribution in [1.29, 1.82) is 0 Å². The molecule has 1 rings (SSSR count). The highest BCUT2D eigenvalue weighted by Crippen LogP contribution is 2.47. The lowest BCUT2D eigenvalue weighted by molar-refractivity contribution is -0.156. The molecule has 0 bridgehead atoms. The molecule has 1 saturated carbocycles. The van der Waals surface area contributed by atoms with Crippen molar-refractivity contribution in [3.63, 3.8) is 0 Å². The Balaban J connectivity index is 2.71. The summed E-state index contributed by atoms with van der Waals surface area (Å²) in [6.07, 6.45) is 4.53. The van der Waals surface area contributed by atoms with Gasteiger partial charge in [-0.15, -0.1) is 0 Å². The van der Waals surface area contributed by atoms with E-state index in [9.17, 15) is 31.9 Å². The molecule has 1 aliphatic carbocycles. The molecule has 0 saturated heterocycles. The Morgan fingerprint density at radius 1 is 1.08 bits per heavy atom. The van der Waals surface area contributed by atoms with Crippen LogP contribution in [0.4, 0.5) is 0 Å². The normalized spacial score (nSPS) is 17.6. The third-order valence-corrected chi connectivity index (χ3v) is 9.76. The van der Waals surface area contributed by atoms with E-state index in [1.54, 1.807) is 0 Å². The number of rotatable bonds is 16. The Morgan fingerprint density at radius 2 is 1.69 bits per heavy atom. The van der Waals surface area contributed by atoms with Gasteiger partial charge in [-0.2, -0.15) is 8.42 Å². The van der Waals surface area contributed by atoms with E-state index in [-0.39, 0.29) is 44.0 Å². The standard InChI is InChI=1S/C20H37NO12P2S/c1-15(22)21-10-7-13-36(28,29)32-14-20(2,3)17(34(25)33-35(26)27)19(24)31-12-11-30-18(23)16-8-5-4-6-9-16/h16-17,34-35H,4-14H2,1-3H3,(H,21,22)(H,26,27)/t17-/m0/s1. The van der Waals surface area contributed by atoms with Crippen LogP contribution in [0.2, 0.25) is 0 Å². The highest BCUT2D eigenvalue weighted by Gasteiger charge is 2.43. The molecule has 2 N–H and O–H groups in total. The van der Waals surface area contributed by atoms with Crippen LogP contribution < -0.4 is 5.32 Å². The van der Waals surface area contributed by atoms with Gasteiger partial charge < -0.3 is 19.7 Å². The van der Waals surface area contributed by atoms with Crippen LogP contribution in [0.5, 0.6) is 0 Å². The first kappa shape index (κ1) is 32.7. The van der Waals surface area contributed by atoms with E-state index in [1.807, 2.05) is 0 Å². The average molecular weight is 578 g/mol. The fourth-order valence-electron chi connectivity index (χ4n) is 3.60. The van der Waals surface area contributed by atoms with Crippen LogP contribution in [0, 0.1) is 11.3 Å². The quantitative estimate of drug-likeness (QED) is 0.117. The molecule has 36 heavy (non-hydrogen) atoms. The first-order valence-electron chi connectivity index (χ1n) is 11.6. The van der Waals surface area contributed by atoms with Gasteiger partial charge in [-0.3, -0.25) is 32.0 Å². The van der Waals surface area contributed by atoms with Crippen LogP contribution in [0.3, 0.4) is 0 Å². The van der Waals surface area contributed by atoms with Gasteiger partial charge in [-0.05, 0) is 19.3 Å². The van der Waals surface area contributed by atoms with Crippen LogP contribution in [-0.2, 0) is 51.6 Å². The third-order valence-electron chi connectivity index (χ3n) is 5.51. The van der Waals surface area contributed by atoms with Crippen molar-refractivity contribution < 1.29 is 54.8 Å². The maximum Gasteiger partial charge on any atom is 0.322 e. The summed E-state index contributed by atoms with van der Waals surface area (Å²) in [4.78, 5) is 44.7. The van der Waals surface area contributed by atoms with Crippen LogP contribution in [-0.4, -0.2) is 68.9 Å². The Morgan fingerprint density at radius 3 is 2.28 bits per heavy atom. The zero-order valence-electron chi connectivity index (χ0n) is 20.8. The summed E-state index contributed by atoms with van der Waals surface area (Å²) in [6, 6.07) is 0. The van der Waals surface area contributed by atoms with Gasteiger partial charge in [-0.25, -0.2) is 0 Å². The van der Waals surface area contributed by atoms with Crippen LogP contribution in [0.1, 0.15) is 59.3 Å². The second kappa shape index (κ2) is 15.8. The second-order valence-corrected chi connectivity index (χ2v) is 13.5. The Bertz CT molecular complexity index is 902. The minimum absolute atomic E-state index is 0.0829. The van der Waals surface area contributed by atoms with Gasteiger partial charge in [0.2, 0.25) is 13.9 Å². The summed E-state index contributed by atoms with van der Waals surface area (Å²) < 4.78 is 67.7. The van der Waals surface area contributed by atoms with Crippen molar-refractivity contribution in [2.45, 2.75) is 65.0 Å². The second-order valence-electron chi connectivity index (χ2n) is 9.14. The lowest BCUT2D eigenvalue weighted by atomic mass is 9.89. The minimum atomic E-state index is -4.06. The van der Waals surface area contributed by atoms with Crippen LogP contribution in [0.15, 0.2) is 0 Å². The molecule has 0 aromatic heterocycles. The van der Waals surface area contributed by atoms with Crippen molar-refractivity contribution in [2.24, 2.45) is 11.3 Å². The molecule has 210 valence electrons. The average Bonchev–Trinajstić information content (AvgIpc) is 2.78. The number of amides is 1. The first-order chi connectivity index (χ1) is 16.7. The van der Waals surface area contributed by atoms with E-state index in [2.05, 4.69) is 9.63 Å². The van der Waals surface area contributed by atoms with E-state index in [0.717, 1.165) is 32.1 Å². The Labute approximate surface area is 212 Å². The summed E-state index contributed by atoms with van der Waals surface area (Å²) >= 11 is 0. The van der Waals surface area contributed by atoms with Gasteiger partial charge >= 0.3 is 20.2 Å². The molecule has 0 heterocycles. The largest absolute Gasteiger partial charge is 0.462 e. The molecule has 13 nitrogen and oxygen atoms in total. The highest BCUT2D eigenvalue weighted by atomic mass is 32.2. The zero-order valence-corrected chi connectivity index (χ0v) is 23.6. The summed E-state index contributed by atoms with van der Waals surface area (Å²) in [7, 11) is -11.3. The summed E-state index contributed by atoms with van der Waals surface area (Å²) in [6.45, 7) is 2.97. The smallest absolute Gasteiger partial charge is 0.322 e. The van der Waals surface area contributed by atoms with E-state index >= 15 is 0 Å². The van der Waals surface area contributed by atoms with Crippen molar-refractivity contribution in [3.05, 3.63) is 0 Å². The van der Waals surface area contributed by atoms with Gasteiger partial charge in [0.05, 0.1) is 18.3 Å². The number of carbonyl (C=O) groups is 3. The lowest BCUT2D eigenvalue weighted by Gasteiger charge is -2.31. The number of hydrogen-bond donors (Lipinski definition) is 2. The third kappa shape index (κ3) is 12.8. The molecule has 0 spiro atoms. The Kier molecular flexibility index (Phi) is 14.4. The van der Waals surface area contributed by atoms with E-state index < -0.39 is 55.8 Å². The fraction of sp³-hybridized carbons (Fsp3) is 0.850. The predicted molar refractivity (Wildman–Crippen MR) is 130 cm³/mol. The molecular weight excluding hydrogens is 540 g/mol. The SMILES string of the molecule is CC(=O)NCCCS(=O)(=O)OCC(C)(C)[C@H](C(=O)OCCOC(=O)C1CCCCC1)[PH](=O)O[PH](=O)O. The van der Waals surface area contributed by atoms with Crippen molar-refractivity contribution in [2.75, 3.05) is 32.1 Å². The summed E-state index contributed by atoms with van der Waals surface area (Å²) in [5.74, 6) is -2.37. The molecule has 1 amide bonds. The van der Waals surface area contributed by atoms with Crippen LogP contribution in [0.25, 0.3) is 0 Å². The number of nitrogens with one attached hydrogen (secondary N) is 1. The van der Waals surface area contributed by atoms with Gasteiger partial charge in [0.25, 0.3) is 10.1 Å². The number of carbonyl (C=O) groups excluding carboxylic acids is 3. The molecule has 0 aromatic carbocycles. The van der Waals surface area contributed by atoms with Gasteiger partial charge in [0.1, 0.15) is 18.9 Å². The summed E-state index contributed by atoms with van der Waals surface area (Å²) in [5, 5.41) is 2.45. The van der Waals surface area contributed by atoms with E-state index in [1.165, 1.54) is 20.8 Å². The molecular formula is C20H37NO12P2S. The number of ether oxygens (including phenoxy) is 2. The first-order valence-corrected chi connectivity index (χ1v) is 15.9. The van der Waals surface area contributed by atoms with Crippen molar-refractivity contribution >= 4 is 44.2 Å². The van der Waals surface area contributed by atoms with Crippen molar-refractivity contribution in [3.8, 4) is 0 Å². The van der Waals surface area contributed by atoms with Gasteiger partial charge in [0.15, 0.2) is 0 Å². The van der Waals surface area contributed by atoms with E-state index in [0.29, 0.717) is 0 Å². The van der Waals surface area contributed by atoms with Crippen LogP contribution >= 0.6 is 16.3 Å². The van der Waals surface area contributed by atoms with Gasteiger partial charge in [-0.1, -0.05) is 33.1 Å². The topological polar surface area (TPSA) is 189 Å². The zero-order chi connectivity index (χ0) is 27.4. The maximum atomic E-state index is 12.7. The molecule has 0 radical (unpaired) electrons. The Hall–Kier alpha value is -1.30. The summed E-state index contributed by atoms with van der Waals surface area (Å²) in [5.41, 5.74) is -3.07. The number of hydrogen-bond acceptors (Lipinski definition) is 11. The molecule has 0 aliphatic heterocycles. The van der Waals surface area contributed by atoms with E-state index in [4.69, 9.17) is 18.6 Å².